The van der Waals surface area contributed by atoms with Crippen LogP contribution in [0.5, 0.6) is 17.2 Å². The van der Waals surface area contributed by atoms with Gasteiger partial charge < -0.3 is 15.3 Å². The van der Waals surface area contributed by atoms with Gasteiger partial charge in [-0.25, -0.2) is 0 Å². The quantitative estimate of drug-likeness (QED) is 0.331. The number of benzene rings is 4. The number of aromatic hydroxyl groups is 3. The molecule has 0 amide bonds. The van der Waals surface area contributed by atoms with Crippen molar-refractivity contribution < 1.29 is 15.3 Å². The molecule has 0 saturated heterocycles. The molecular formula is C29H28O3. The van der Waals surface area contributed by atoms with Gasteiger partial charge in [0.1, 0.15) is 17.2 Å². The minimum absolute atomic E-state index is 0.202. The molecule has 4 aromatic rings. The van der Waals surface area contributed by atoms with Crippen molar-refractivity contribution in [1.82, 2.24) is 0 Å². The van der Waals surface area contributed by atoms with Crippen LogP contribution in [0.1, 0.15) is 44.5 Å². The first-order valence-corrected chi connectivity index (χ1v) is 10.7. The van der Waals surface area contributed by atoms with Gasteiger partial charge in [-0.3, -0.25) is 0 Å². The van der Waals surface area contributed by atoms with E-state index < -0.39 is 5.41 Å². The average molecular weight is 425 g/mol. The molecule has 0 bridgehead atoms. The summed E-state index contributed by atoms with van der Waals surface area (Å²) in [5, 5.41) is 30.9. The molecule has 4 rings (SSSR count). The molecule has 0 unspecified atom stereocenters. The first kappa shape index (κ1) is 21.5. The fourth-order valence-corrected chi connectivity index (χ4v) is 4.74. The van der Waals surface area contributed by atoms with E-state index in [0.29, 0.717) is 0 Å². The molecule has 3 nitrogen and oxygen atoms in total. The molecular weight excluding hydrogens is 396 g/mol. The Morgan fingerprint density at radius 1 is 0.500 bits per heavy atom. The summed E-state index contributed by atoms with van der Waals surface area (Å²) < 4.78 is 0. The molecule has 0 radical (unpaired) electrons. The molecule has 0 fully saturated rings. The molecule has 0 aliphatic carbocycles. The van der Waals surface area contributed by atoms with Gasteiger partial charge in [-0.05, 0) is 96.5 Å². The van der Waals surface area contributed by atoms with E-state index in [4.69, 9.17) is 0 Å². The van der Waals surface area contributed by atoms with E-state index in [1.54, 1.807) is 12.1 Å². The van der Waals surface area contributed by atoms with Crippen LogP contribution >= 0.6 is 0 Å². The molecule has 3 heteroatoms. The summed E-state index contributed by atoms with van der Waals surface area (Å²) in [5.41, 5.74) is 6.90. The van der Waals surface area contributed by atoms with E-state index in [9.17, 15) is 15.3 Å². The first-order valence-electron chi connectivity index (χ1n) is 10.7. The summed E-state index contributed by atoms with van der Waals surface area (Å²) in [5.74, 6) is 0.725. The fraction of sp³-hybridized carbons (Fsp3) is 0.172. The molecule has 0 aliphatic heterocycles. The zero-order valence-electron chi connectivity index (χ0n) is 18.8. The lowest BCUT2D eigenvalue weighted by Gasteiger charge is -2.39. The van der Waals surface area contributed by atoms with Crippen LogP contribution in [0.4, 0.5) is 0 Å². The number of phenolic OH excluding ortho intramolecular Hbond substituents is 3. The van der Waals surface area contributed by atoms with Crippen LogP contribution in [0.2, 0.25) is 0 Å². The van der Waals surface area contributed by atoms with Crippen molar-refractivity contribution in [2.75, 3.05) is 0 Å². The third kappa shape index (κ3) is 3.40. The van der Waals surface area contributed by atoms with Gasteiger partial charge in [0.25, 0.3) is 0 Å². The van der Waals surface area contributed by atoms with Gasteiger partial charge in [0.05, 0.1) is 5.41 Å². The van der Waals surface area contributed by atoms with Gasteiger partial charge in [-0.1, -0.05) is 54.6 Å². The molecule has 0 saturated carbocycles. The van der Waals surface area contributed by atoms with Crippen LogP contribution in [-0.4, -0.2) is 15.3 Å². The van der Waals surface area contributed by atoms with Crippen LogP contribution in [0.25, 0.3) is 0 Å². The van der Waals surface area contributed by atoms with Crippen LogP contribution in [0, 0.1) is 27.7 Å². The lowest BCUT2D eigenvalue weighted by molar-refractivity contribution is 0.469. The Labute approximate surface area is 189 Å². The summed E-state index contributed by atoms with van der Waals surface area (Å²) in [6, 6.07) is 25.3. The summed E-state index contributed by atoms with van der Waals surface area (Å²) in [7, 11) is 0. The van der Waals surface area contributed by atoms with Gasteiger partial charge >= 0.3 is 0 Å². The maximum Gasteiger partial charge on any atom is 0.118 e. The third-order valence-electron chi connectivity index (χ3n) is 6.40. The van der Waals surface area contributed by atoms with Gasteiger partial charge in [-0.2, -0.15) is 0 Å². The highest BCUT2D eigenvalue weighted by atomic mass is 16.3. The second-order valence-electron chi connectivity index (χ2n) is 8.57. The maximum absolute atomic E-state index is 10.4. The van der Waals surface area contributed by atoms with E-state index in [1.165, 1.54) is 0 Å². The molecule has 162 valence electrons. The highest BCUT2D eigenvalue weighted by Gasteiger charge is 2.41. The van der Waals surface area contributed by atoms with Crippen LogP contribution in [0.15, 0.2) is 78.9 Å². The minimum Gasteiger partial charge on any atom is -0.508 e. The largest absolute Gasteiger partial charge is 0.508 e. The minimum atomic E-state index is -0.722. The van der Waals surface area contributed by atoms with E-state index in [2.05, 4.69) is 12.1 Å². The topological polar surface area (TPSA) is 60.7 Å². The molecule has 3 N–H and O–H groups in total. The fourth-order valence-electron chi connectivity index (χ4n) is 4.74. The molecule has 0 atom stereocenters. The highest BCUT2D eigenvalue weighted by molar-refractivity contribution is 5.65. The van der Waals surface area contributed by atoms with Crippen LogP contribution in [0.3, 0.4) is 0 Å². The molecule has 0 aromatic heterocycles. The van der Waals surface area contributed by atoms with Gasteiger partial charge in [0.2, 0.25) is 0 Å². The van der Waals surface area contributed by atoms with Crippen molar-refractivity contribution in [2.24, 2.45) is 0 Å². The predicted molar refractivity (Wildman–Crippen MR) is 129 cm³/mol. The summed E-state index contributed by atoms with van der Waals surface area (Å²) in [6.07, 6.45) is 0. The monoisotopic (exact) mass is 424 g/mol. The Morgan fingerprint density at radius 2 is 0.938 bits per heavy atom. The highest BCUT2D eigenvalue weighted by Crippen LogP contribution is 2.49. The van der Waals surface area contributed by atoms with Crippen LogP contribution < -0.4 is 0 Å². The molecule has 0 spiro atoms. The smallest absolute Gasteiger partial charge is 0.118 e. The Hall–Kier alpha value is -3.72. The van der Waals surface area contributed by atoms with Crippen molar-refractivity contribution in [3.8, 4) is 17.2 Å². The lowest BCUT2D eigenvalue weighted by atomic mass is 9.62. The standard InChI is InChI=1S/C29H28O3/c1-18-16-27(31)20(3)14-25(18)29(22-8-6-5-7-9-22,23-10-12-24(30)13-11-23)26-15-21(4)28(32)17-19(26)2/h5-17,30-32H,1-4H3. The summed E-state index contributed by atoms with van der Waals surface area (Å²) in [4.78, 5) is 0. The molecule has 0 aliphatic rings. The zero-order chi connectivity index (χ0) is 23.0. The SMILES string of the molecule is Cc1cc(C(c2ccccc2)(c2ccc(O)cc2)c2cc(C)c(O)cc2C)c(C)cc1O. The number of hydrogen-bond acceptors (Lipinski definition) is 3. The Kier molecular flexibility index (Phi) is 5.43. The first-order chi connectivity index (χ1) is 15.2. The molecule has 4 aromatic carbocycles. The normalized spacial score (nSPS) is 11.5. The van der Waals surface area contributed by atoms with Crippen molar-refractivity contribution in [2.45, 2.75) is 33.1 Å². The van der Waals surface area contributed by atoms with E-state index in [-0.39, 0.29) is 17.2 Å². The van der Waals surface area contributed by atoms with E-state index >= 15 is 0 Å². The van der Waals surface area contributed by atoms with Gasteiger partial charge in [-0.15, -0.1) is 0 Å². The lowest BCUT2D eigenvalue weighted by Crippen LogP contribution is -2.33. The predicted octanol–water partition coefficient (Wildman–Crippen LogP) is 6.42. The third-order valence-corrected chi connectivity index (χ3v) is 6.40. The molecule has 32 heavy (non-hydrogen) atoms. The van der Waals surface area contributed by atoms with E-state index in [0.717, 1.165) is 44.5 Å². The summed E-state index contributed by atoms with van der Waals surface area (Å²) in [6.45, 7) is 7.82. The average Bonchev–Trinajstić information content (AvgIpc) is 2.77. The van der Waals surface area contributed by atoms with Crippen molar-refractivity contribution in [3.05, 3.63) is 123 Å². The number of phenols is 3. The zero-order valence-corrected chi connectivity index (χ0v) is 18.8. The van der Waals surface area contributed by atoms with Gasteiger partial charge in [0.15, 0.2) is 0 Å². The van der Waals surface area contributed by atoms with E-state index in [1.807, 2.05) is 82.3 Å². The molecule has 0 heterocycles. The maximum atomic E-state index is 10.4. The van der Waals surface area contributed by atoms with Crippen molar-refractivity contribution in [1.29, 1.82) is 0 Å². The van der Waals surface area contributed by atoms with Gasteiger partial charge in [0, 0.05) is 0 Å². The number of hydrogen-bond donors (Lipinski definition) is 3. The Balaban J connectivity index is 2.25. The Morgan fingerprint density at radius 3 is 1.41 bits per heavy atom. The second kappa shape index (κ2) is 8.08. The second-order valence-corrected chi connectivity index (χ2v) is 8.57. The Bertz CT molecular complexity index is 1210. The van der Waals surface area contributed by atoms with Crippen LogP contribution in [-0.2, 0) is 5.41 Å². The van der Waals surface area contributed by atoms with Crippen molar-refractivity contribution >= 4 is 0 Å². The van der Waals surface area contributed by atoms with Crippen molar-refractivity contribution in [3.63, 3.8) is 0 Å². The number of rotatable bonds is 4. The summed E-state index contributed by atoms with van der Waals surface area (Å²) >= 11 is 0. The number of aryl methyl sites for hydroxylation is 4.